The van der Waals surface area contributed by atoms with Gasteiger partial charge in [0.05, 0.1) is 20.8 Å². The van der Waals surface area contributed by atoms with Crippen LogP contribution in [0.3, 0.4) is 0 Å². The standard InChI is InChI=1S/C9H6F3NS.C2H6/c1-5-13-7-4-6(9(10,11)12)2-3-8(7)14-5;1-2/h2-4H,1H3;1-2H3. The molecule has 1 nitrogen and oxygen atoms in total. The van der Waals surface area contributed by atoms with Crippen molar-refractivity contribution in [2.24, 2.45) is 0 Å². The molecule has 2 rings (SSSR count). The van der Waals surface area contributed by atoms with Crippen LogP contribution in [0.25, 0.3) is 10.2 Å². The lowest BCUT2D eigenvalue weighted by molar-refractivity contribution is -0.137. The third-order valence-corrected chi connectivity index (χ3v) is 2.77. The van der Waals surface area contributed by atoms with E-state index in [1.165, 1.54) is 17.4 Å². The minimum atomic E-state index is -4.29. The summed E-state index contributed by atoms with van der Waals surface area (Å²) in [5, 5.41) is 0.777. The number of fused-ring (bicyclic) bond motifs is 1. The van der Waals surface area contributed by atoms with E-state index in [0.717, 1.165) is 21.8 Å². The van der Waals surface area contributed by atoms with Gasteiger partial charge in [0.15, 0.2) is 0 Å². The lowest BCUT2D eigenvalue weighted by Gasteiger charge is -2.04. The number of nitrogens with zero attached hydrogens (tertiary/aromatic N) is 1. The highest BCUT2D eigenvalue weighted by Crippen LogP contribution is 2.32. The highest BCUT2D eigenvalue weighted by atomic mass is 32.1. The molecular formula is C11H12F3NS. The largest absolute Gasteiger partial charge is 0.416 e. The predicted molar refractivity (Wildman–Crippen MR) is 60.7 cm³/mol. The van der Waals surface area contributed by atoms with Crippen molar-refractivity contribution >= 4 is 21.6 Å². The van der Waals surface area contributed by atoms with E-state index in [9.17, 15) is 13.2 Å². The van der Waals surface area contributed by atoms with E-state index < -0.39 is 11.7 Å². The molecular weight excluding hydrogens is 235 g/mol. The smallest absolute Gasteiger partial charge is 0.241 e. The average Bonchev–Trinajstić information content (AvgIpc) is 2.58. The fourth-order valence-corrected chi connectivity index (χ4v) is 2.03. The third kappa shape index (κ3) is 2.72. The van der Waals surface area contributed by atoms with Crippen LogP contribution >= 0.6 is 11.3 Å². The number of aromatic nitrogens is 1. The van der Waals surface area contributed by atoms with Crippen molar-refractivity contribution in [1.82, 2.24) is 4.98 Å². The SMILES string of the molecule is CC.Cc1nc2cc(C(F)(F)F)ccc2s1. The number of benzene rings is 1. The second-order valence-electron chi connectivity index (χ2n) is 2.91. The first-order chi connectivity index (χ1) is 7.47. The molecule has 5 heteroatoms. The minimum absolute atomic E-state index is 0.419. The van der Waals surface area contributed by atoms with Crippen LogP contribution in [-0.4, -0.2) is 4.98 Å². The van der Waals surface area contributed by atoms with Crippen molar-refractivity contribution in [2.75, 3.05) is 0 Å². The van der Waals surface area contributed by atoms with Crippen molar-refractivity contribution in [1.29, 1.82) is 0 Å². The third-order valence-electron chi connectivity index (χ3n) is 1.82. The molecule has 0 fully saturated rings. The Morgan fingerprint density at radius 2 is 1.81 bits per heavy atom. The zero-order valence-electron chi connectivity index (χ0n) is 9.22. The van der Waals surface area contributed by atoms with Crippen LogP contribution < -0.4 is 0 Å². The van der Waals surface area contributed by atoms with Crippen molar-refractivity contribution in [3.63, 3.8) is 0 Å². The van der Waals surface area contributed by atoms with Crippen LogP contribution in [0.15, 0.2) is 18.2 Å². The van der Waals surface area contributed by atoms with Crippen LogP contribution in [0.1, 0.15) is 24.4 Å². The normalized spacial score (nSPS) is 11.1. The second kappa shape index (κ2) is 4.82. The molecule has 0 N–H and O–H groups in total. The van der Waals surface area contributed by atoms with Gasteiger partial charge in [0.1, 0.15) is 0 Å². The maximum absolute atomic E-state index is 12.3. The monoisotopic (exact) mass is 247 g/mol. The number of thiazole rings is 1. The Bertz CT molecular complexity index is 474. The predicted octanol–water partition coefficient (Wildman–Crippen LogP) is 4.65. The van der Waals surface area contributed by atoms with Crippen molar-refractivity contribution in [2.45, 2.75) is 26.9 Å². The summed E-state index contributed by atoms with van der Waals surface area (Å²) < 4.78 is 37.7. The van der Waals surface area contributed by atoms with Crippen LogP contribution in [0.2, 0.25) is 0 Å². The molecule has 0 saturated carbocycles. The molecule has 1 aromatic carbocycles. The molecule has 16 heavy (non-hydrogen) atoms. The summed E-state index contributed by atoms with van der Waals surface area (Å²) >= 11 is 1.39. The Kier molecular flexibility index (Phi) is 3.91. The second-order valence-corrected chi connectivity index (χ2v) is 4.15. The molecule has 1 aromatic heterocycles. The van der Waals surface area contributed by atoms with Crippen LogP contribution in [-0.2, 0) is 6.18 Å². The molecule has 0 aliphatic carbocycles. The first kappa shape index (κ1) is 13.0. The lowest BCUT2D eigenvalue weighted by atomic mass is 10.2. The van der Waals surface area contributed by atoms with Crippen LogP contribution in [0, 0.1) is 6.92 Å². The summed E-state index contributed by atoms with van der Waals surface area (Å²) in [5.74, 6) is 0. The molecule has 0 atom stereocenters. The Hall–Kier alpha value is -1.10. The van der Waals surface area contributed by atoms with E-state index >= 15 is 0 Å². The van der Waals surface area contributed by atoms with Gasteiger partial charge in [-0.2, -0.15) is 13.2 Å². The summed E-state index contributed by atoms with van der Waals surface area (Å²) in [4.78, 5) is 4.01. The Morgan fingerprint density at radius 3 is 2.38 bits per heavy atom. The van der Waals surface area contributed by atoms with Crippen molar-refractivity contribution in [3.8, 4) is 0 Å². The maximum Gasteiger partial charge on any atom is 0.416 e. The number of rotatable bonds is 0. The van der Waals surface area contributed by atoms with E-state index in [0.29, 0.717) is 5.52 Å². The first-order valence-corrected chi connectivity index (χ1v) is 5.73. The van der Waals surface area contributed by atoms with Gasteiger partial charge in [-0.3, -0.25) is 0 Å². The van der Waals surface area contributed by atoms with Gasteiger partial charge in [0.2, 0.25) is 0 Å². The van der Waals surface area contributed by atoms with Crippen molar-refractivity contribution in [3.05, 3.63) is 28.8 Å². The molecule has 0 bridgehead atoms. The van der Waals surface area contributed by atoms with E-state index in [1.807, 2.05) is 13.8 Å². The highest BCUT2D eigenvalue weighted by molar-refractivity contribution is 7.18. The van der Waals surface area contributed by atoms with Gasteiger partial charge in [-0.1, -0.05) is 13.8 Å². The van der Waals surface area contributed by atoms with E-state index in [2.05, 4.69) is 4.98 Å². The maximum atomic E-state index is 12.3. The quantitative estimate of drug-likeness (QED) is 0.660. The molecule has 2 aromatic rings. The molecule has 0 spiro atoms. The fourth-order valence-electron chi connectivity index (χ4n) is 1.22. The molecule has 0 aliphatic rings. The number of hydrogen-bond donors (Lipinski definition) is 0. The van der Waals surface area contributed by atoms with E-state index in [-0.39, 0.29) is 0 Å². The number of aryl methyl sites for hydroxylation is 1. The van der Waals surface area contributed by atoms with Crippen molar-refractivity contribution < 1.29 is 13.2 Å². The molecule has 0 radical (unpaired) electrons. The summed E-state index contributed by atoms with van der Waals surface area (Å²) in [6.07, 6.45) is -4.29. The van der Waals surface area contributed by atoms with Gasteiger partial charge in [-0.05, 0) is 25.1 Å². The Balaban J connectivity index is 0.000000606. The topological polar surface area (TPSA) is 12.9 Å². The average molecular weight is 247 g/mol. The minimum Gasteiger partial charge on any atom is -0.241 e. The number of alkyl halides is 3. The van der Waals surface area contributed by atoms with E-state index in [1.54, 1.807) is 6.92 Å². The highest BCUT2D eigenvalue weighted by Gasteiger charge is 2.30. The first-order valence-electron chi connectivity index (χ1n) is 4.91. The molecule has 0 aliphatic heterocycles. The molecule has 0 unspecified atom stereocenters. The van der Waals surface area contributed by atoms with Gasteiger partial charge < -0.3 is 0 Å². The molecule has 1 heterocycles. The Labute approximate surface area is 95.9 Å². The van der Waals surface area contributed by atoms with Gasteiger partial charge in [0.25, 0.3) is 0 Å². The lowest BCUT2D eigenvalue weighted by Crippen LogP contribution is -2.03. The van der Waals surface area contributed by atoms with Gasteiger partial charge in [0, 0.05) is 0 Å². The molecule has 0 saturated heterocycles. The van der Waals surface area contributed by atoms with Gasteiger partial charge in [-0.25, -0.2) is 4.98 Å². The summed E-state index contributed by atoms with van der Waals surface area (Å²) in [7, 11) is 0. The van der Waals surface area contributed by atoms with E-state index in [4.69, 9.17) is 0 Å². The zero-order chi connectivity index (χ0) is 12.3. The summed E-state index contributed by atoms with van der Waals surface area (Å²) in [6.45, 7) is 5.78. The van der Waals surface area contributed by atoms with Gasteiger partial charge >= 0.3 is 6.18 Å². The number of hydrogen-bond acceptors (Lipinski definition) is 2. The molecule has 0 amide bonds. The summed E-state index contributed by atoms with van der Waals surface area (Å²) in [6, 6.07) is 3.63. The number of halogens is 3. The summed E-state index contributed by atoms with van der Waals surface area (Å²) in [5.41, 5.74) is -0.224. The molecule has 88 valence electrons. The zero-order valence-corrected chi connectivity index (χ0v) is 10.0. The Morgan fingerprint density at radius 1 is 1.19 bits per heavy atom. The van der Waals surface area contributed by atoms with Crippen LogP contribution in [0.5, 0.6) is 0 Å². The van der Waals surface area contributed by atoms with Gasteiger partial charge in [-0.15, -0.1) is 11.3 Å². The van der Waals surface area contributed by atoms with Crippen LogP contribution in [0.4, 0.5) is 13.2 Å². The fraction of sp³-hybridized carbons (Fsp3) is 0.364.